The molecule has 3 heteroatoms. The first-order valence-electron chi connectivity index (χ1n) is 5.37. The van der Waals surface area contributed by atoms with Crippen molar-refractivity contribution in [3.05, 3.63) is 29.8 Å². The molecule has 3 nitrogen and oxygen atoms in total. The Kier molecular flexibility index (Phi) is 3.58. The van der Waals surface area contributed by atoms with Gasteiger partial charge in [0.15, 0.2) is 6.10 Å². The SMILES string of the molecule is CC(Oc1ccc(C(C)(C)C)cc1)C(N)=O. The van der Waals surface area contributed by atoms with Crippen LogP contribution in [0, 0.1) is 0 Å². The molecular weight excluding hydrogens is 202 g/mol. The highest BCUT2D eigenvalue weighted by Crippen LogP contribution is 2.24. The normalized spacial score (nSPS) is 13.2. The fourth-order valence-corrected chi connectivity index (χ4v) is 1.30. The van der Waals surface area contributed by atoms with Crippen LogP contribution in [-0.2, 0) is 10.2 Å². The maximum atomic E-state index is 10.8. The van der Waals surface area contributed by atoms with Crippen LogP contribution in [0.5, 0.6) is 5.75 Å². The third-order valence-electron chi connectivity index (χ3n) is 2.43. The smallest absolute Gasteiger partial charge is 0.258 e. The van der Waals surface area contributed by atoms with Gasteiger partial charge in [0.1, 0.15) is 5.75 Å². The monoisotopic (exact) mass is 221 g/mol. The average Bonchev–Trinajstić information content (AvgIpc) is 2.17. The standard InChI is InChI=1S/C13H19NO2/c1-9(12(14)15)16-11-7-5-10(6-8-11)13(2,3)4/h5-9H,1-4H3,(H2,14,15). The summed E-state index contributed by atoms with van der Waals surface area (Å²) in [7, 11) is 0. The molecule has 88 valence electrons. The van der Waals surface area contributed by atoms with Crippen molar-refractivity contribution in [2.45, 2.75) is 39.2 Å². The molecule has 1 unspecified atom stereocenters. The fraction of sp³-hybridized carbons (Fsp3) is 0.462. The van der Waals surface area contributed by atoms with Crippen LogP contribution < -0.4 is 10.5 Å². The van der Waals surface area contributed by atoms with E-state index in [4.69, 9.17) is 10.5 Å². The van der Waals surface area contributed by atoms with Crippen molar-refractivity contribution in [2.75, 3.05) is 0 Å². The van der Waals surface area contributed by atoms with Gasteiger partial charge in [-0.2, -0.15) is 0 Å². The average molecular weight is 221 g/mol. The molecule has 0 aliphatic carbocycles. The van der Waals surface area contributed by atoms with Crippen molar-refractivity contribution in [2.24, 2.45) is 5.73 Å². The zero-order chi connectivity index (χ0) is 12.3. The number of rotatable bonds is 3. The number of ether oxygens (including phenoxy) is 1. The van der Waals surface area contributed by atoms with E-state index in [2.05, 4.69) is 20.8 Å². The molecule has 0 fully saturated rings. The number of primary amides is 1. The van der Waals surface area contributed by atoms with E-state index < -0.39 is 12.0 Å². The predicted molar refractivity (Wildman–Crippen MR) is 64.4 cm³/mol. The summed E-state index contributed by atoms with van der Waals surface area (Å²) in [5.74, 6) is 0.208. The summed E-state index contributed by atoms with van der Waals surface area (Å²) in [5, 5.41) is 0. The molecule has 1 aromatic carbocycles. The number of carbonyl (C=O) groups excluding carboxylic acids is 1. The second kappa shape index (κ2) is 4.56. The summed E-state index contributed by atoms with van der Waals surface area (Å²) in [4.78, 5) is 10.8. The molecule has 1 rings (SSSR count). The zero-order valence-electron chi connectivity index (χ0n) is 10.3. The van der Waals surface area contributed by atoms with E-state index in [0.29, 0.717) is 5.75 Å². The molecule has 0 aliphatic heterocycles. The fourth-order valence-electron chi connectivity index (χ4n) is 1.30. The minimum atomic E-state index is -0.597. The van der Waals surface area contributed by atoms with E-state index in [0.717, 1.165) is 0 Å². The number of hydrogen-bond acceptors (Lipinski definition) is 2. The van der Waals surface area contributed by atoms with Crippen LogP contribution in [0.25, 0.3) is 0 Å². The molecule has 0 saturated carbocycles. The molecule has 1 atom stereocenters. The van der Waals surface area contributed by atoms with E-state index in [-0.39, 0.29) is 5.41 Å². The summed E-state index contributed by atoms with van der Waals surface area (Å²) < 4.78 is 5.37. The van der Waals surface area contributed by atoms with Crippen molar-refractivity contribution >= 4 is 5.91 Å². The third-order valence-corrected chi connectivity index (χ3v) is 2.43. The Morgan fingerprint density at radius 1 is 1.25 bits per heavy atom. The quantitative estimate of drug-likeness (QED) is 0.851. The van der Waals surface area contributed by atoms with Gasteiger partial charge in [0.25, 0.3) is 5.91 Å². The summed E-state index contributed by atoms with van der Waals surface area (Å²) in [6.45, 7) is 8.08. The van der Waals surface area contributed by atoms with E-state index >= 15 is 0 Å². The summed E-state index contributed by atoms with van der Waals surface area (Å²) >= 11 is 0. The van der Waals surface area contributed by atoms with E-state index in [1.807, 2.05) is 24.3 Å². The van der Waals surface area contributed by atoms with Crippen molar-refractivity contribution in [1.82, 2.24) is 0 Å². The second-order valence-electron chi connectivity index (χ2n) is 4.94. The second-order valence-corrected chi connectivity index (χ2v) is 4.94. The Morgan fingerprint density at radius 2 is 1.75 bits per heavy atom. The lowest BCUT2D eigenvalue weighted by Crippen LogP contribution is -2.30. The van der Waals surface area contributed by atoms with Crippen LogP contribution in [0.15, 0.2) is 24.3 Å². The van der Waals surface area contributed by atoms with Gasteiger partial charge in [0, 0.05) is 0 Å². The first-order chi connectivity index (χ1) is 7.30. The molecule has 0 aromatic heterocycles. The molecule has 1 aromatic rings. The van der Waals surface area contributed by atoms with Crippen LogP contribution >= 0.6 is 0 Å². The summed E-state index contributed by atoms with van der Waals surface area (Å²) in [5.41, 5.74) is 6.47. The summed E-state index contributed by atoms with van der Waals surface area (Å²) in [6, 6.07) is 7.73. The Hall–Kier alpha value is -1.51. The zero-order valence-corrected chi connectivity index (χ0v) is 10.3. The molecule has 0 bridgehead atoms. The highest BCUT2D eigenvalue weighted by molar-refractivity contribution is 5.78. The van der Waals surface area contributed by atoms with Crippen molar-refractivity contribution < 1.29 is 9.53 Å². The van der Waals surface area contributed by atoms with Gasteiger partial charge in [0.2, 0.25) is 0 Å². The van der Waals surface area contributed by atoms with E-state index in [1.165, 1.54) is 5.56 Å². The topological polar surface area (TPSA) is 52.3 Å². The van der Waals surface area contributed by atoms with Crippen LogP contribution in [-0.4, -0.2) is 12.0 Å². The number of hydrogen-bond donors (Lipinski definition) is 1. The van der Waals surface area contributed by atoms with E-state index in [9.17, 15) is 4.79 Å². The number of carbonyl (C=O) groups is 1. The van der Waals surface area contributed by atoms with Gasteiger partial charge in [0.05, 0.1) is 0 Å². The van der Waals surface area contributed by atoms with Crippen LogP contribution in [0.4, 0.5) is 0 Å². The van der Waals surface area contributed by atoms with Crippen LogP contribution in [0.2, 0.25) is 0 Å². The molecule has 0 aliphatic rings. The van der Waals surface area contributed by atoms with E-state index in [1.54, 1.807) is 6.92 Å². The van der Waals surface area contributed by atoms with Crippen molar-refractivity contribution in [3.8, 4) is 5.75 Å². The van der Waals surface area contributed by atoms with Crippen molar-refractivity contribution in [1.29, 1.82) is 0 Å². The minimum absolute atomic E-state index is 0.119. The lowest BCUT2D eigenvalue weighted by atomic mass is 9.87. The van der Waals surface area contributed by atoms with Crippen LogP contribution in [0.1, 0.15) is 33.3 Å². The minimum Gasteiger partial charge on any atom is -0.481 e. The molecule has 16 heavy (non-hydrogen) atoms. The first-order valence-corrected chi connectivity index (χ1v) is 5.37. The largest absolute Gasteiger partial charge is 0.481 e. The highest BCUT2D eigenvalue weighted by atomic mass is 16.5. The first kappa shape index (κ1) is 12.6. The van der Waals surface area contributed by atoms with Gasteiger partial charge in [-0.25, -0.2) is 0 Å². The third kappa shape index (κ3) is 3.26. The molecule has 0 radical (unpaired) electrons. The lowest BCUT2D eigenvalue weighted by Gasteiger charge is -2.19. The van der Waals surface area contributed by atoms with Gasteiger partial charge in [-0.3, -0.25) is 4.79 Å². The van der Waals surface area contributed by atoms with Gasteiger partial charge in [-0.15, -0.1) is 0 Å². The molecule has 1 amide bonds. The number of amides is 1. The van der Waals surface area contributed by atoms with Gasteiger partial charge < -0.3 is 10.5 Å². The van der Waals surface area contributed by atoms with Crippen LogP contribution in [0.3, 0.4) is 0 Å². The molecule has 0 heterocycles. The summed E-state index contributed by atoms with van der Waals surface area (Å²) in [6.07, 6.45) is -0.597. The Balaban J connectivity index is 2.76. The number of benzene rings is 1. The molecular formula is C13H19NO2. The molecule has 0 saturated heterocycles. The highest BCUT2D eigenvalue weighted by Gasteiger charge is 2.14. The Bertz CT molecular complexity index is 363. The van der Waals surface area contributed by atoms with Gasteiger partial charge >= 0.3 is 0 Å². The lowest BCUT2D eigenvalue weighted by molar-refractivity contribution is -0.123. The Morgan fingerprint density at radius 3 is 2.12 bits per heavy atom. The maximum Gasteiger partial charge on any atom is 0.258 e. The van der Waals surface area contributed by atoms with Gasteiger partial charge in [-0.1, -0.05) is 32.9 Å². The van der Waals surface area contributed by atoms with Gasteiger partial charge in [-0.05, 0) is 30.0 Å². The molecule has 0 spiro atoms. The Labute approximate surface area is 96.6 Å². The predicted octanol–water partition coefficient (Wildman–Crippen LogP) is 2.24. The number of nitrogens with two attached hydrogens (primary N) is 1. The van der Waals surface area contributed by atoms with Crippen molar-refractivity contribution in [3.63, 3.8) is 0 Å². The maximum absolute atomic E-state index is 10.8. The molecule has 2 N–H and O–H groups in total.